The van der Waals surface area contributed by atoms with Gasteiger partial charge in [0.15, 0.2) is 0 Å². The highest BCUT2D eigenvalue weighted by Gasteiger charge is 2.24. The number of likely N-dealkylation sites (tertiary alicyclic amines) is 1. The molecule has 0 saturated carbocycles. The summed E-state index contributed by atoms with van der Waals surface area (Å²) in [5.74, 6) is 1.62. The molecule has 1 aromatic rings. The number of halogens is 2. The molecule has 1 heterocycles. The lowest BCUT2D eigenvalue weighted by atomic mass is 9.96. The quantitative estimate of drug-likeness (QED) is 0.756. The summed E-state index contributed by atoms with van der Waals surface area (Å²) >= 11 is 2.20. The SMILES string of the molecule is CNCC1CCN(C(=O)c2ccc(OC)cc2I)CC1.Cl. The lowest BCUT2D eigenvalue weighted by Gasteiger charge is -2.32. The van der Waals surface area contributed by atoms with Gasteiger partial charge in [0.2, 0.25) is 0 Å². The summed E-state index contributed by atoms with van der Waals surface area (Å²) < 4.78 is 6.13. The molecule has 0 aliphatic carbocycles. The zero-order chi connectivity index (χ0) is 14.5. The molecule has 118 valence electrons. The first-order valence-corrected chi connectivity index (χ1v) is 8.01. The third kappa shape index (κ3) is 4.72. The molecule has 0 aromatic heterocycles. The Labute approximate surface area is 146 Å². The summed E-state index contributed by atoms with van der Waals surface area (Å²) in [6.07, 6.45) is 2.17. The minimum absolute atomic E-state index is 0. The predicted octanol–water partition coefficient (Wildman–Crippen LogP) is 2.79. The molecule has 2 rings (SSSR count). The van der Waals surface area contributed by atoms with E-state index in [9.17, 15) is 4.79 Å². The number of piperidine rings is 1. The van der Waals surface area contributed by atoms with E-state index in [1.807, 2.05) is 30.1 Å². The van der Waals surface area contributed by atoms with Gasteiger partial charge in [-0.05, 0) is 73.1 Å². The van der Waals surface area contributed by atoms with Crippen LogP contribution in [0.3, 0.4) is 0 Å². The fraction of sp³-hybridized carbons (Fsp3) is 0.533. The van der Waals surface area contributed by atoms with E-state index in [1.165, 1.54) is 0 Å². The van der Waals surface area contributed by atoms with Crippen LogP contribution in [0.25, 0.3) is 0 Å². The minimum Gasteiger partial charge on any atom is -0.497 e. The van der Waals surface area contributed by atoms with Gasteiger partial charge in [-0.3, -0.25) is 4.79 Å². The van der Waals surface area contributed by atoms with Gasteiger partial charge in [0.1, 0.15) is 5.75 Å². The number of methoxy groups -OCH3 is 1. The number of hydrogen-bond donors (Lipinski definition) is 1. The average molecular weight is 425 g/mol. The van der Waals surface area contributed by atoms with E-state index in [4.69, 9.17) is 4.74 Å². The van der Waals surface area contributed by atoms with Crippen LogP contribution in [0.2, 0.25) is 0 Å². The molecule has 6 heteroatoms. The van der Waals surface area contributed by atoms with E-state index < -0.39 is 0 Å². The topological polar surface area (TPSA) is 41.6 Å². The molecule has 1 fully saturated rings. The lowest BCUT2D eigenvalue weighted by Crippen LogP contribution is -2.40. The number of rotatable bonds is 4. The first-order chi connectivity index (χ1) is 9.65. The number of amides is 1. The maximum atomic E-state index is 12.5. The molecule has 0 spiro atoms. The van der Waals surface area contributed by atoms with Gasteiger partial charge in [0, 0.05) is 16.7 Å². The average Bonchev–Trinajstić information content (AvgIpc) is 2.47. The first kappa shape index (κ1) is 18.5. The highest BCUT2D eigenvalue weighted by Crippen LogP contribution is 2.23. The Morgan fingerprint density at radius 2 is 2.10 bits per heavy atom. The number of carbonyl (C=O) groups excluding carboxylic acids is 1. The summed E-state index contributed by atoms with van der Waals surface area (Å²) in [6.45, 7) is 2.75. The molecule has 0 atom stereocenters. The van der Waals surface area contributed by atoms with Gasteiger partial charge in [-0.25, -0.2) is 0 Å². The van der Waals surface area contributed by atoms with Crippen LogP contribution in [-0.2, 0) is 0 Å². The zero-order valence-electron chi connectivity index (χ0n) is 12.4. The Bertz CT molecular complexity index is 477. The van der Waals surface area contributed by atoms with Crippen LogP contribution in [0.1, 0.15) is 23.2 Å². The molecule has 4 nitrogen and oxygen atoms in total. The van der Waals surface area contributed by atoms with Crippen molar-refractivity contribution in [1.82, 2.24) is 10.2 Å². The third-order valence-electron chi connectivity index (χ3n) is 3.80. The molecule has 1 aromatic carbocycles. The molecule has 1 amide bonds. The van der Waals surface area contributed by atoms with Crippen molar-refractivity contribution in [3.8, 4) is 5.75 Å². The number of ether oxygens (including phenoxy) is 1. The fourth-order valence-electron chi connectivity index (χ4n) is 2.60. The number of carbonyl (C=O) groups is 1. The van der Waals surface area contributed by atoms with Crippen LogP contribution >= 0.6 is 35.0 Å². The number of hydrogen-bond acceptors (Lipinski definition) is 3. The number of nitrogens with one attached hydrogen (secondary N) is 1. The van der Waals surface area contributed by atoms with Crippen molar-refractivity contribution in [2.75, 3.05) is 33.8 Å². The summed E-state index contributed by atoms with van der Waals surface area (Å²) in [6, 6.07) is 5.62. The molecule has 1 aliphatic rings. The van der Waals surface area contributed by atoms with E-state index in [0.29, 0.717) is 5.92 Å². The zero-order valence-corrected chi connectivity index (χ0v) is 15.4. The second-order valence-electron chi connectivity index (χ2n) is 5.14. The smallest absolute Gasteiger partial charge is 0.254 e. The van der Waals surface area contributed by atoms with Crippen LogP contribution in [0.5, 0.6) is 5.75 Å². The molecule has 1 saturated heterocycles. The maximum Gasteiger partial charge on any atom is 0.254 e. The largest absolute Gasteiger partial charge is 0.497 e. The molecule has 1 aliphatic heterocycles. The van der Waals surface area contributed by atoms with Crippen LogP contribution in [0.15, 0.2) is 18.2 Å². The normalized spacial score (nSPS) is 15.5. The first-order valence-electron chi connectivity index (χ1n) is 6.93. The molecule has 1 N–H and O–H groups in total. The van der Waals surface area contributed by atoms with Crippen LogP contribution in [-0.4, -0.2) is 44.6 Å². The van der Waals surface area contributed by atoms with E-state index in [-0.39, 0.29) is 18.3 Å². The standard InChI is InChI=1S/C15H21IN2O2.ClH/c1-17-10-11-5-7-18(8-6-11)15(19)13-4-3-12(20-2)9-14(13)16;/h3-4,9,11,17H,5-8,10H2,1-2H3;1H. The Balaban J connectivity index is 0.00000220. The van der Waals surface area contributed by atoms with Crippen molar-refractivity contribution >= 4 is 40.9 Å². The molecular weight excluding hydrogens is 403 g/mol. The summed E-state index contributed by atoms with van der Waals surface area (Å²) in [7, 11) is 3.62. The van der Waals surface area contributed by atoms with Gasteiger partial charge >= 0.3 is 0 Å². The van der Waals surface area contributed by atoms with Crippen molar-refractivity contribution in [1.29, 1.82) is 0 Å². The van der Waals surface area contributed by atoms with Gasteiger partial charge in [-0.1, -0.05) is 0 Å². The monoisotopic (exact) mass is 424 g/mol. The van der Waals surface area contributed by atoms with Crippen LogP contribution < -0.4 is 10.1 Å². The van der Waals surface area contributed by atoms with Crippen molar-refractivity contribution in [3.63, 3.8) is 0 Å². The Hall–Kier alpha value is -0.530. The van der Waals surface area contributed by atoms with Crippen molar-refractivity contribution in [2.45, 2.75) is 12.8 Å². The Morgan fingerprint density at radius 1 is 1.43 bits per heavy atom. The second-order valence-corrected chi connectivity index (χ2v) is 6.30. The van der Waals surface area contributed by atoms with Crippen LogP contribution in [0, 0.1) is 9.49 Å². The summed E-state index contributed by atoms with van der Waals surface area (Å²) in [5, 5.41) is 3.22. The van der Waals surface area contributed by atoms with Gasteiger partial charge in [0.05, 0.1) is 12.7 Å². The second kappa shape index (κ2) is 8.80. The minimum atomic E-state index is 0. The molecule has 0 bridgehead atoms. The number of benzene rings is 1. The maximum absolute atomic E-state index is 12.5. The molecule has 0 radical (unpaired) electrons. The summed E-state index contributed by atoms with van der Waals surface area (Å²) in [5.41, 5.74) is 0.776. The number of nitrogens with zero attached hydrogens (tertiary/aromatic N) is 1. The van der Waals surface area contributed by atoms with E-state index in [0.717, 1.165) is 47.4 Å². The van der Waals surface area contributed by atoms with Crippen molar-refractivity contribution < 1.29 is 9.53 Å². The van der Waals surface area contributed by atoms with E-state index in [1.54, 1.807) is 7.11 Å². The lowest BCUT2D eigenvalue weighted by molar-refractivity contribution is 0.0690. The molecule has 0 unspecified atom stereocenters. The van der Waals surface area contributed by atoms with Gasteiger partial charge < -0.3 is 15.0 Å². The van der Waals surface area contributed by atoms with E-state index >= 15 is 0 Å². The molecule has 21 heavy (non-hydrogen) atoms. The van der Waals surface area contributed by atoms with Crippen LogP contribution in [0.4, 0.5) is 0 Å². The Kier molecular flexibility index (Phi) is 7.76. The van der Waals surface area contributed by atoms with E-state index in [2.05, 4.69) is 27.9 Å². The predicted molar refractivity (Wildman–Crippen MR) is 95.5 cm³/mol. The van der Waals surface area contributed by atoms with Crippen molar-refractivity contribution in [2.24, 2.45) is 5.92 Å². The molecular formula is C15H22ClIN2O2. The van der Waals surface area contributed by atoms with Gasteiger partial charge in [0.25, 0.3) is 5.91 Å². The van der Waals surface area contributed by atoms with Gasteiger partial charge in [-0.15, -0.1) is 12.4 Å². The third-order valence-corrected chi connectivity index (χ3v) is 4.69. The fourth-order valence-corrected chi connectivity index (χ4v) is 3.31. The Morgan fingerprint density at radius 3 is 2.62 bits per heavy atom. The van der Waals surface area contributed by atoms with Crippen molar-refractivity contribution in [3.05, 3.63) is 27.3 Å². The highest BCUT2D eigenvalue weighted by atomic mass is 127. The van der Waals surface area contributed by atoms with Gasteiger partial charge in [-0.2, -0.15) is 0 Å². The highest BCUT2D eigenvalue weighted by molar-refractivity contribution is 14.1. The summed E-state index contributed by atoms with van der Waals surface area (Å²) in [4.78, 5) is 14.5.